The minimum Gasteiger partial charge on any atom is -0.381 e. The summed E-state index contributed by atoms with van der Waals surface area (Å²) >= 11 is 0. The molecule has 2 rings (SSSR count). The standard InChI is InChI=1S/C9H12N2/c1-7-9(3-2-6-10-7)11-8-4-5-8/h2-3,6,8,11H,4-5H2,1H3. The van der Waals surface area contributed by atoms with Gasteiger partial charge in [0.15, 0.2) is 0 Å². The highest BCUT2D eigenvalue weighted by Gasteiger charge is 2.21. The number of nitrogens with one attached hydrogen (secondary N) is 1. The largest absolute Gasteiger partial charge is 0.381 e. The lowest BCUT2D eigenvalue weighted by Gasteiger charge is -2.05. The number of hydrogen-bond donors (Lipinski definition) is 1. The zero-order valence-electron chi connectivity index (χ0n) is 6.67. The molecule has 11 heavy (non-hydrogen) atoms. The lowest BCUT2D eigenvalue weighted by atomic mass is 10.3. The molecule has 1 N–H and O–H groups in total. The van der Waals surface area contributed by atoms with Crippen molar-refractivity contribution in [3.63, 3.8) is 0 Å². The van der Waals surface area contributed by atoms with Gasteiger partial charge in [-0.3, -0.25) is 4.98 Å². The van der Waals surface area contributed by atoms with Gasteiger partial charge in [-0.2, -0.15) is 0 Å². The molecule has 0 unspecified atom stereocenters. The van der Waals surface area contributed by atoms with Gasteiger partial charge < -0.3 is 5.32 Å². The number of aromatic nitrogens is 1. The summed E-state index contributed by atoms with van der Waals surface area (Å²) in [6, 6.07) is 4.77. The van der Waals surface area contributed by atoms with Gasteiger partial charge in [0, 0.05) is 12.2 Å². The van der Waals surface area contributed by atoms with E-state index in [0.29, 0.717) is 0 Å². The van der Waals surface area contributed by atoms with E-state index in [1.165, 1.54) is 18.5 Å². The molecule has 1 heterocycles. The van der Waals surface area contributed by atoms with Gasteiger partial charge in [0.25, 0.3) is 0 Å². The maximum atomic E-state index is 4.20. The van der Waals surface area contributed by atoms with Crippen LogP contribution in [0.3, 0.4) is 0 Å². The Hall–Kier alpha value is -1.05. The summed E-state index contributed by atoms with van der Waals surface area (Å²) in [4.78, 5) is 4.20. The molecule has 1 aliphatic carbocycles. The van der Waals surface area contributed by atoms with E-state index in [-0.39, 0.29) is 0 Å². The minimum absolute atomic E-state index is 0.720. The summed E-state index contributed by atoms with van der Waals surface area (Å²) < 4.78 is 0. The Labute approximate surface area is 66.7 Å². The van der Waals surface area contributed by atoms with E-state index in [2.05, 4.69) is 16.4 Å². The van der Waals surface area contributed by atoms with Crippen molar-refractivity contribution in [2.24, 2.45) is 0 Å². The monoisotopic (exact) mass is 148 g/mol. The SMILES string of the molecule is Cc1ncccc1NC1CC1. The summed E-state index contributed by atoms with van der Waals surface area (Å²) in [5.41, 5.74) is 2.29. The predicted octanol–water partition coefficient (Wildman–Crippen LogP) is 1.96. The molecule has 0 radical (unpaired) electrons. The summed E-state index contributed by atoms with van der Waals surface area (Å²) in [5, 5.41) is 3.42. The van der Waals surface area contributed by atoms with Crippen LogP contribution in [0.2, 0.25) is 0 Å². The quantitative estimate of drug-likeness (QED) is 0.693. The molecular formula is C9H12N2. The maximum absolute atomic E-state index is 4.20. The fourth-order valence-corrected chi connectivity index (χ4v) is 1.08. The van der Waals surface area contributed by atoms with Crippen molar-refractivity contribution in [2.75, 3.05) is 5.32 Å². The van der Waals surface area contributed by atoms with Gasteiger partial charge in [-0.05, 0) is 31.9 Å². The Kier molecular flexibility index (Phi) is 1.53. The minimum atomic E-state index is 0.720. The highest BCUT2D eigenvalue weighted by Crippen LogP contribution is 2.25. The van der Waals surface area contributed by atoms with Crippen LogP contribution in [0.1, 0.15) is 18.5 Å². The van der Waals surface area contributed by atoms with Crippen LogP contribution in [0.5, 0.6) is 0 Å². The number of rotatable bonds is 2. The van der Waals surface area contributed by atoms with E-state index in [4.69, 9.17) is 0 Å². The fourth-order valence-electron chi connectivity index (χ4n) is 1.08. The smallest absolute Gasteiger partial charge is 0.0603 e. The second-order valence-corrected chi connectivity index (χ2v) is 3.05. The van der Waals surface area contributed by atoms with Gasteiger partial charge in [-0.25, -0.2) is 0 Å². The average Bonchev–Trinajstić information content (AvgIpc) is 2.78. The van der Waals surface area contributed by atoms with Crippen molar-refractivity contribution in [2.45, 2.75) is 25.8 Å². The molecule has 1 aromatic rings. The van der Waals surface area contributed by atoms with Crippen LogP contribution in [-0.2, 0) is 0 Å². The zero-order chi connectivity index (χ0) is 7.68. The predicted molar refractivity (Wildman–Crippen MR) is 45.6 cm³/mol. The Bertz CT molecular complexity index is 253. The van der Waals surface area contributed by atoms with E-state index in [0.717, 1.165) is 11.7 Å². The Morgan fingerprint density at radius 2 is 2.36 bits per heavy atom. The Morgan fingerprint density at radius 3 is 3.00 bits per heavy atom. The van der Waals surface area contributed by atoms with Crippen LogP contribution in [0.4, 0.5) is 5.69 Å². The zero-order valence-corrected chi connectivity index (χ0v) is 6.67. The van der Waals surface area contributed by atoms with E-state index in [1.807, 2.05) is 19.2 Å². The van der Waals surface area contributed by atoms with Gasteiger partial charge in [0.1, 0.15) is 0 Å². The molecule has 0 aromatic carbocycles. The number of pyridine rings is 1. The van der Waals surface area contributed by atoms with Crippen molar-refractivity contribution in [1.82, 2.24) is 4.98 Å². The summed E-state index contributed by atoms with van der Waals surface area (Å²) in [5.74, 6) is 0. The summed E-state index contributed by atoms with van der Waals surface area (Å²) in [7, 11) is 0. The van der Waals surface area contributed by atoms with Gasteiger partial charge in [-0.15, -0.1) is 0 Å². The first-order valence-electron chi connectivity index (χ1n) is 4.04. The second-order valence-electron chi connectivity index (χ2n) is 3.05. The van der Waals surface area contributed by atoms with Crippen LogP contribution < -0.4 is 5.32 Å². The van der Waals surface area contributed by atoms with Crippen LogP contribution in [0.25, 0.3) is 0 Å². The molecule has 1 aromatic heterocycles. The first-order chi connectivity index (χ1) is 5.36. The van der Waals surface area contributed by atoms with Gasteiger partial charge in [-0.1, -0.05) is 0 Å². The van der Waals surface area contributed by atoms with Crippen molar-refractivity contribution >= 4 is 5.69 Å². The molecule has 0 bridgehead atoms. The van der Waals surface area contributed by atoms with Gasteiger partial charge >= 0.3 is 0 Å². The summed E-state index contributed by atoms with van der Waals surface area (Å²) in [6.07, 6.45) is 4.45. The number of nitrogens with zero attached hydrogens (tertiary/aromatic N) is 1. The van der Waals surface area contributed by atoms with Crippen molar-refractivity contribution < 1.29 is 0 Å². The molecule has 58 valence electrons. The molecule has 0 amide bonds. The topological polar surface area (TPSA) is 24.9 Å². The molecule has 0 atom stereocenters. The molecule has 1 fully saturated rings. The molecule has 0 saturated heterocycles. The summed E-state index contributed by atoms with van der Waals surface area (Å²) in [6.45, 7) is 2.03. The van der Waals surface area contributed by atoms with Crippen molar-refractivity contribution in [1.29, 1.82) is 0 Å². The molecule has 2 heteroatoms. The highest BCUT2D eigenvalue weighted by molar-refractivity contribution is 5.48. The first kappa shape index (κ1) is 6.65. The highest BCUT2D eigenvalue weighted by atomic mass is 15.0. The Morgan fingerprint density at radius 1 is 1.55 bits per heavy atom. The molecule has 1 saturated carbocycles. The van der Waals surface area contributed by atoms with Crippen molar-refractivity contribution in [3.05, 3.63) is 24.0 Å². The third kappa shape index (κ3) is 1.50. The maximum Gasteiger partial charge on any atom is 0.0603 e. The van der Waals surface area contributed by atoms with Crippen LogP contribution in [0, 0.1) is 6.92 Å². The third-order valence-corrected chi connectivity index (χ3v) is 1.94. The number of hydrogen-bond acceptors (Lipinski definition) is 2. The Balaban J connectivity index is 2.15. The molecule has 1 aliphatic rings. The molecule has 0 spiro atoms. The van der Waals surface area contributed by atoms with Crippen LogP contribution in [0.15, 0.2) is 18.3 Å². The molecular weight excluding hydrogens is 136 g/mol. The van der Waals surface area contributed by atoms with Gasteiger partial charge in [0.2, 0.25) is 0 Å². The van der Waals surface area contributed by atoms with Crippen molar-refractivity contribution in [3.8, 4) is 0 Å². The lowest BCUT2D eigenvalue weighted by molar-refractivity contribution is 1.11. The average molecular weight is 148 g/mol. The normalized spacial score (nSPS) is 16.5. The third-order valence-electron chi connectivity index (χ3n) is 1.94. The molecule has 2 nitrogen and oxygen atoms in total. The van der Waals surface area contributed by atoms with E-state index in [1.54, 1.807) is 0 Å². The van der Waals surface area contributed by atoms with E-state index >= 15 is 0 Å². The molecule has 0 aliphatic heterocycles. The number of aryl methyl sites for hydroxylation is 1. The first-order valence-corrected chi connectivity index (χ1v) is 4.04. The van der Waals surface area contributed by atoms with Crippen LogP contribution >= 0.6 is 0 Å². The van der Waals surface area contributed by atoms with E-state index < -0.39 is 0 Å². The lowest BCUT2D eigenvalue weighted by Crippen LogP contribution is -2.02. The second kappa shape index (κ2) is 2.53. The fraction of sp³-hybridized carbons (Fsp3) is 0.444. The van der Waals surface area contributed by atoms with E-state index in [9.17, 15) is 0 Å². The van der Waals surface area contributed by atoms with Crippen LogP contribution in [-0.4, -0.2) is 11.0 Å². The number of anilines is 1. The van der Waals surface area contributed by atoms with Gasteiger partial charge in [0.05, 0.1) is 11.4 Å².